The molecule has 20 heavy (non-hydrogen) atoms. The molecule has 2 aromatic rings. The largest absolute Gasteiger partial charge is 0.507 e. The molecule has 0 aliphatic rings. The Kier molecular flexibility index (Phi) is 4.30. The number of phenolic OH excluding ortho intramolecular Hbond substituents is 1. The average molecular weight is 290 g/mol. The zero-order valence-corrected chi connectivity index (χ0v) is 12.1. The molecule has 0 bridgehead atoms. The van der Waals surface area contributed by atoms with Crippen molar-refractivity contribution in [2.24, 2.45) is 0 Å². The molecule has 0 aliphatic carbocycles. The number of aromatic hydroxyl groups is 1. The average Bonchev–Trinajstić information content (AvgIpc) is 2.38. The highest BCUT2D eigenvalue weighted by molar-refractivity contribution is 6.21. The number of carbonyl (C=O) groups excluding carboxylic acids is 1. The topological polar surface area (TPSA) is 49.3 Å². The van der Waals surface area contributed by atoms with Crippen molar-refractivity contribution in [1.29, 1.82) is 0 Å². The monoisotopic (exact) mass is 289 g/mol. The van der Waals surface area contributed by atoms with E-state index in [9.17, 15) is 9.90 Å². The van der Waals surface area contributed by atoms with Crippen molar-refractivity contribution in [1.82, 2.24) is 0 Å². The number of amides is 1. The van der Waals surface area contributed by atoms with Crippen LogP contribution in [0.15, 0.2) is 42.5 Å². The van der Waals surface area contributed by atoms with Crippen LogP contribution >= 0.6 is 11.6 Å². The summed E-state index contributed by atoms with van der Waals surface area (Å²) in [4.78, 5) is 12.2. The fourth-order valence-electron chi connectivity index (χ4n) is 1.98. The van der Waals surface area contributed by atoms with Gasteiger partial charge in [-0.25, -0.2) is 0 Å². The highest BCUT2D eigenvalue weighted by atomic mass is 35.5. The molecule has 2 N–H and O–H groups in total. The lowest BCUT2D eigenvalue weighted by atomic mass is 10.1. The molecule has 3 nitrogen and oxygen atoms in total. The molecule has 1 unspecified atom stereocenters. The molecule has 0 saturated carbocycles. The van der Waals surface area contributed by atoms with Gasteiger partial charge in [0.15, 0.2) is 0 Å². The van der Waals surface area contributed by atoms with Crippen molar-refractivity contribution < 1.29 is 9.90 Å². The van der Waals surface area contributed by atoms with Crippen LogP contribution in [0.25, 0.3) is 0 Å². The Bertz CT molecular complexity index is 638. The van der Waals surface area contributed by atoms with Crippen LogP contribution in [0.5, 0.6) is 5.75 Å². The molecular weight excluding hydrogens is 274 g/mol. The third-order valence-electron chi connectivity index (χ3n) is 3.04. The van der Waals surface area contributed by atoms with Gasteiger partial charge in [-0.1, -0.05) is 24.3 Å². The van der Waals surface area contributed by atoms with Crippen molar-refractivity contribution in [2.75, 3.05) is 5.32 Å². The number of carbonyl (C=O) groups is 1. The lowest BCUT2D eigenvalue weighted by Crippen LogP contribution is -2.13. The molecule has 0 spiro atoms. The van der Waals surface area contributed by atoms with Crippen LogP contribution in [-0.4, -0.2) is 11.0 Å². The Morgan fingerprint density at radius 2 is 1.95 bits per heavy atom. The van der Waals surface area contributed by atoms with Crippen LogP contribution < -0.4 is 5.32 Å². The second-order valence-corrected chi connectivity index (χ2v) is 5.33. The van der Waals surface area contributed by atoms with Crippen LogP contribution in [0.3, 0.4) is 0 Å². The van der Waals surface area contributed by atoms with Crippen molar-refractivity contribution in [3.8, 4) is 5.75 Å². The number of alkyl halides is 1. The molecule has 0 radical (unpaired) electrons. The maximum Gasteiger partial charge on any atom is 0.259 e. The lowest BCUT2D eigenvalue weighted by Gasteiger charge is -2.13. The molecule has 4 heteroatoms. The Balaban J connectivity index is 2.28. The number of nitrogens with one attached hydrogen (secondary N) is 1. The summed E-state index contributed by atoms with van der Waals surface area (Å²) in [5, 5.41) is 12.4. The fourth-order valence-corrected chi connectivity index (χ4v) is 2.17. The van der Waals surface area contributed by atoms with E-state index >= 15 is 0 Å². The van der Waals surface area contributed by atoms with Gasteiger partial charge in [0.05, 0.1) is 10.9 Å². The maximum atomic E-state index is 12.2. The minimum atomic E-state index is -0.354. The van der Waals surface area contributed by atoms with Crippen LogP contribution in [0.4, 0.5) is 5.69 Å². The van der Waals surface area contributed by atoms with Gasteiger partial charge in [0.1, 0.15) is 5.75 Å². The number of halogens is 1. The third-order valence-corrected chi connectivity index (χ3v) is 3.27. The molecule has 2 aromatic carbocycles. The standard InChI is InChI=1S/C16H16ClNO2/c1-10-7-8-13(15(19)9-10)16(20)18-14-6-4-3-5-12(14)11(2)17/h3-9,11,19H,1-2H3,(H,18,20). The molecule has 0 fully saturated rings. The Hall–Kier alpha value is -2.00. The Morgan fingerprint density at radius 1 is 1.25 bits per heavy atom. The third kappa shape index (κ3) is 3.11. The van der Waals surface area contributed by atoms with Gasteiger partial charge in [-0.3, -0.25) is 4.79 Å². The summed E-state index contributed by atoms with van der Waals surface area (Å²) in [6, 6.07) is 12.3. The normalized spacial score (nSPS) is 11.9. The second kappa shape index (κ2) is 5.97. The summed E-state index contributed by atoms with van der Waals surface area (Å²) < 4.78 is 0. The molecular formula is C16H16ClNO2. The van der Waals surface area contributed by atoms with Crippen LogP contribution in [0.2, 0.25) is 0 Å². The van der Waals surface area contributed by atoms with E-state index in [0.717, 1.165) is 11.1 Å². The van der Waals surface area contributed by atoms with Crippen LogP contribution in [0.1, 0.15) is 33.8 Å². The first-order valence-corrected chi connectivity index (χ1v) is 6.76. The second-order valence-electron chi connectivity index (χ2n) is 4.68. The predicted octanol–water partition coefficient (Wildman–Crippen LogP) is 4.25. The fraction of sp³-hybridized carbons (Fsp3) is 0.188. The first-order valence-electron chi connectivity index (χ1n) is 6.33. The van der Waals surface area contributed by atoms with E-state index in [-0.39, 0.29) is 22.6 Å². The minimum Gasteiger partial charge on any atom is -0.507 e. The van der Waals surface area contributed by atoms with Crippen LogP contribution in [0, 0.1) is 6.92 Å². The van der Waals surface area contributed by atoms with Gasteiger partial charge < -0.3 is 10.4 Å². The van der Waals surface area contributed by atoms with Crippen molar-refractivity contribution in [3.63, 3.8) is 0 Å². The number of hydrogen-bond donors (Lipinski definition) is 2. The summed E-state index contributed by atoms with van der Waals surface area (Å²) in [6.45, 7) is 3.70. The first-order chi connectivity index (χ1) is 9.49. The number of anilines is 1. The molecule has 1 amide bonds. The van der Waals surface area contributed by atoms with Gasteiger partial charge in [-0.2, -0.15) is 0 Å². The number of benzene rings is 2. The van der Waals surface area contributed by atoms with Gasteiger partial charge in [-0.05, 0) is 43.2 Å². The van der Waals surface area contributed by atoms with Crippen LogP contribution in [-0.2, 0) is 0 Å². The number of aryl methyl sites for hydroxylation is 1. The summed E-state index contributed by atoms with van der Waals surface area (Å²) in [6.07, 6.45) is 0. The predicted molar refractivity (Wildman–Crippen MR) is 81.5 cm³/mol. The van der Waals surface area contributed by atoms with E-state index in [1.165, 1.54) is 0 Å². The molecule has 104 valence electrons. The zero-order valence-electron chi connectivity index (χ0n) is 11.4. The van der Waals surface area contributed by atoms with Crippen molar-refractivity contribution >= 4 is 23.2 Å². The quantitative estimate of drug-likeness (QED) is 0.830. The van der Waals surface area contributed by atoms with Gasteiger partial charge in [0.2, 0.25) is 0 Å². The molecule has 1 atom stereocenters. The van der Waals surface area contributed by atoms with Gasteiger partial charge >= 0.3 is 0 Å². The number of hydrogen-bond acceptors (Lipinski definition) is 2. The Morgan fingerprint density at radius 3 is 2.60 bits per heavy atom. The molecule has 0 heterocycles. The van der Waals surface area contributed by atoms with E-state index in [0.29, 0.717) is 5.69 Å². The molecule has 0 aromatic heterocycles. The van der Waals surface area contributed by atoms with E-state index < -0.39 is 0 Å². The SMILES string of the molecule is Cc1ccc(C(=O)Nc2ccccc2C(C)Cl)c(O)c1. The molecule has 0 aliphatic heterocycles. The van der Waals surface area contributed by atoms with Gasteiger partial charge in [0.25, 0.3) is 5.91 Å². The molecule has 2 rings (SSSR count). The van der Waals surface area contributed by atoms with Gasteiger partial charge in [-0.15, -0.1) is 11.6 Å². The zero-order chi connectivity index (χ0) is 14.7. The smallest absolute Gasteiger partial charge is 0.259 e. The molecule has 0 saturated heterocycles. The summed E-state index contributed by atoms with van der Waals surface area (Å²) >= 11 is 6.09. The summed E-state index contributed by atoms with van der Waals surface area (Å²) in [7, 11) is 0. The highest BCUT2D eigenvalue weighted by Gasteiger charge is 2.14. The van der Waals surface area contributed by atoms with Gasteiger partial charge in [0, 0.05) is 5.69 Å². The minimum absolute atomic E-state index is 0.0288. The van der Waals surface area contributed by atoms with E-state index in [1.54, 1.807) is 24.3 Å². The number of phenols is 1. The first kappa shape index (κ1) is 14.4. The van der Waals surface area contributed by atoms with Crippen molar-refractivity contribution in [2.45, 2.75) is 19.2 Å². The van der Waals surface area contributed by atoms with E-state index in [4.69, 9.17) is 11.6 Å². The Labute approximate surface area is 123 Å². The van der Waals surface area contributed by atoms with Crippen molar-refractivity contribution in [3.05, 3.63) is 59.2 Å². The van der Waals surface area contributed by atoms with E-state index in [2.05, 4.69) is 5.32 Å². The number of rotatable bonds is 3. The lowest BCUT2D eigenvalue weighted by molar-refractivity contribution is 0.102. The summed E-state index contributed by atoms with van der Waals surface area (Å²) in [5.41, 5.74) is 2.63. The van der Waals surface area contributed by atoms with E-state index in [1.807, 2.05) is 32.0 Å². The maximum absolute atomic E-state index is 12.2. The number of para-hydroxylation sites is 1. The highest BCUT2D eigenvalue weighted by Crippen LogP contribution is 2.28. The summed E-state index contributed by atoms with van der Waals surface area (Å²) in [5.74, 6) is -0.383.